The minimum absolute atomic E-state index is 0.226. The molecule has 1 aromatic rings. The Bertz CT molecular complexity index is 590. The molecule has 1 atom stereocenters. The fourth-order valence-electron chi connectivity index (χ4n) is 3.44. The van der Waals surface area contributed by atoms with Crippen LogP contribution in [-0.2, 0) is 13.6 Å². The lowest BCUT2D eigenvalue weighted by Crippen LogP contribution is -2.47. The number of hydrogen-bond acceptors (Lipinski definition) is 7. The smallest absolute Gasteiger partial charge is 0.327 e. The van der Waals surface area contributed by atoms with Crippen molar-refractivity contribution in [2.75, 3.05) is 64.4 Å². The predicted molar refractivity (Wildman–Crippen MR) is 123 cm³/mol. The maximum atomic E-state index is 12.5. The first-order valence-corrected chi connectivity index (χ1v) is 13.5. The third-order valence-electron chi connectivity index (χ3n) is 5.05. The van der Waals surface area contributed by atoms with Gasteiger partial charge in [0.05, 0.1) is 19.4 Å². The van der Waals surface area contributed by atoms with Crippen LogP contribution in [0, 0.1) is 0 Å². The highest BCUT2D eigenvalue weighted by molar-refractivity contribution is 7.99. The monoisotopic (exact) mass is 443 g/mol. The number of hydrogen-bond donors (Lipinski definition) is 1. The van der Waals surface area contributed by atoms with E-state index in [1.165, 1.54) is 4.90 Å². The van der Waals surface area contributed by atoms with E-state index in [2.05, 4.69) is 34.1 Å². The van der Waals surface area contributed by atoms with Crippen LogP contribution in [0.4, 0.5) is 0 Å². The molecule has 1 aliphatic heterocycles. The first-order valence-electron chi connectivity index (χ1n) is 10.8. The van der Waals surface area contributed by atoms with E-state index in [1.807, 2.05) is 31.7 Å². The summed E-state index contributed by atoms with van der Waals surface area (Å²) in [5.41, 5.74) is 6.31. The SMILES string of the molecule is CCOP(=O)(CCCN1CCN(CCC(N)CSc2ccccc2)CC1)OCC. The van der Waals surface area contributed by atoms with Gasteiger partial charge in [-0.3, -0.25) is 4.57 Å². The van der Waals surface area contributed by atoms with Crippen molar-refractivity contribution in [1.29, 1.82) is 0 Å². The Labute approximate surface area is 181 Å². The molecule has 0 aliphatic carbocycles. The molecule has 0 radical (unpaired) electrons. The lowest BCUT2D eigenvalue weighted by atomic mass is 10.2. The molecule has 0 bridgehead atoms. The van der Waals surface area contributed by atoms with Gasteiger partial charge in [-0.15, -0.1) is 11.8 Å². The van der Waals surface area contributed by atoms with Crippen LogP contribution in [0.15, 0.2) is 35.2 Å². The van der Waals surface area contributed by atoms with Gasteiger partial charge in [0.15, 0.2) is 0 Å². The van der Waals surface area contributed by atoms with E-state index in [0.29, 0.717) is 19.4 Å². The zero-order valence-electron chi connectivity index (χ0n) is 18.0. The molecule has 2 rings (SSSR count). The fraction of sp³-hybridized carbons (Fsp3) is 0.714. The standard InChI is InChI=1S/C21H38N3O3PS/c1-3-26-28(25,27-4-2)18-8-12-23-14-16-24(17-15-23)13-11-20(22)19-29-21-9-6-5-7-10-21/h5-7,9-10,20H,3-4,8,11-19,22H2,1-2H3. The van der Waals surface area contributed by atoms with Gasteiger partial charge in [0, 0.05) is 42.9 Å². The summed E-state index contributed by atoms with van der Waals surface area (Å²) >= 11 is 1.84. The van der Waals surface area contributed by atoms with Gasteiger partial charge in [0.2, 0.25) is 0 Å². The zero-order chi connectivity index (χ0) is 21.0. The van der Waals surface area contributed by atoms with Gasteiger partial charge < -0.3 is 24.6 Å². The van der Waals surface area contributed by atoms with Crippen molar-refractivity contribution in [3.8, 4) is 0 Å². The molecule has 1 aromatic carbocycles. The number of nitrogens with two attached hydrogens (primary N) is 1. The lowest BCUT2D eigenvalue weighted by molar-refractivity contribution is 0.129. The summed E-state index contributed by atoms with van der Waals surface area (Å²) in [6.07, 6.45) is 2.38. The Kier molecular flexibility index (Phi) is 11.8. The van der Waals surface area contributed by atoms with E-state index < -0.39 is 7.60 Å². The molecule has 1 unspecified atom stereocenters. The summed E-state index contributed by atoms with van der Waals surface area (Å²) in [6, 6.07) is 10.7. The molecule has 2 N–H and O–H groups in total. The number of benzene rings is 1. The maximum Gasteiger partial charge on any atom is 0.330 e. The van der Waals surface area contributed by atoms with E-state index in [4.69, 9.17) is 14.8 Å². The van der Waals surface area contributed by atoms with Gasteiger partial charge >= 0.3 is 7.60 Å². The normalized spacial score (nSPS) is 17.5. The highest BCUT2D eigenvalue weighted by atomic mass is 32.2. The lowest BCUT2D eigenvalue weighted by Gasteiger charge is -2.35. The van der Waals surface area contributed by atoms with Crippen LogP contribution in [0.2, 0.25) is 0 Å². The van der Waals surface area contributed by atoms with Crippen LogP contribution < -0.4 is 5.73 Å². The van der Waals surface area contributed by atoms with Crippen molar-refractivity contribution in [2.24, 2.45) is 5.73 Å². The zero-order valence-corrected chi connectivity index (χ0v) is 19.7. The molecule has 0 saturated carbocycles. The van der Waals surface area contributed by atoms with Gasteiger partial charge in [-0.05, 0) is 51.9 Å². The number of rotatable bonds is 14. The van der Waals surface area contributed by atoms with Crippen molar-refractivity contribution in [3.63, 3.8) is 0 Å². The summed E-state index contributed by atoms with van der Waals surface area (Å²) in [5.74, 6) is 0.962. The summed E-state index contributed by atoms with van der Waals surface area (Å²) in [5, 5.41) is 0. The highest BCUT2D eigenvalue weighted by Gasteiger charge is 2.24. The van der Waals surface area contributed by atoms with Crippen molar-refractivity contribution in [1.82, 2.24) is 9.80 Å². The van der Waals surface area contributed by atoms with Crippen LogP contribution >= 0.6 is 19.4 Å². The van der Waals surface area contributed by atoms with Gasteiger partial charge in [-0.25, -0.2) is 0 Å². The Morgan fingerprint density at radius 3 is 2.21 bits per heavy atom. The average Bonchev–Trinajstić information content (AvgIpc) is 2.73. The van der Waals surface area contributed by atoms with E-state index in [0.717, 1.165) is 57.9 Å². The van der Waals surface area contributed by atoms with Crippen LogP contribution in [0.5, 0.6) is 0 Å². The topological polar surface area (TPSA) is 68.0 Å². The molecule has 1 heterocycles. The molecule has 6 nitrogen and oxygen atoms in total. The number of piperazine rings is 1. The predicted octanol–water partition coefficient (Wildman–Crippen LogP) is 3.77. The molecular formula is C21H38N3O3PS. The Hall–Kier alpha value is -0.400. The molecule has 8 heteroatoms. The Morgan fingerprint density at radius 2 is 1.62 bits per heavy atom. The summed E-state index contributed by atoms with van der Waals surface area (Å²) in [6.45, 7) is 10.9. The quantitative estimate of drug-likeness (QED) is 0.347. The average molecular weight is 444 g/mol. The highest BCUT2D eigenvalue weighted by Crippen LogP contribution is 2.48. The second kappa shape index (κ2) is 13.8. The summed E-state index contributed by atoms with van der Waals surface area (Å²) in [7, 11) is -2.90. The molecule has 0 amide bonds. The molecule has 166 valence electrons. The van der Waals surface area contributed by atoms with E-state index in [1.54, 1.807) is 0 Å². The molecule has 1 aliphatic rings. The van der Waals surface area contributed by atoms with Crippen molar-refractivity contribution < 1.29 is 13.6 Å². The molecule has 1 fully saturated rings. The maximum absolute atomic E-state index is 12.5. The summed E-state index contributed by atoms with van der Waals surface area (Å²) in [4.78, 5) is 6.24. The minimum Gasteiger partial charge on any atom is -0.327 e. The second-order valence-electron chi connectivity index (χ2n) is 7.38. The van der Waals surface area contributed by atoms with Gasteiger partial charge in [0.1, 0.15) is 0 Å². The van der Waals surface area contributed by atoms with Crippen molar-refractivity contribution in [2.45, 2.75) is 37.6 Å². The fourth-order valence-corrected chi connectivity index (χ4v) is 6.01. The van der Waals surface area contributed by atoms with Crippen molar-refractivity contribution in [3.05, 3.63) is 30.3 Å². The first-order chi connectivity index (χ1) is 14.0. The van der Waals surface area contributed by atoms with Gasteiger partial charge in [0.25, 0.3) is 0 Å². The first kappa shape index (κ1) is 24.9. The van der Waals surface area contributed by atoms with Crippen LogP contribution in [0.1, 0.15) is 26.7 Å². The van der Waals surface area contributed by atoms with Gasteiger partial charge in [-0.2, -0.15) is 0 Å². The number of nitrogens with zero attached hydrogens (tertiary/aromatic N) is 2. The van der Waals surface area contributed by atoms with E-state index in [-0.39, 0.29) is 6.04 Å². The van der Waals surface area contributed by atoms with Gasteiger partial charge in [-0.1, -0.05) is 18.2 Å². The van der Waals surface area contributed by atoms with Crippen LogP contribution in [0.3, 0.4) is 0 Å². The molecular weight excluding hydrogens is 405 g/mol. The second-order valence-corrected chi connectivity index (χ2v) is 10.7. The largest absolute Gasteiger partial charge is 0.330 e. The van der Waals surface area contributed by atoms with E-state index in [9.17, 15) is 4.57 Å². The minimum atomic E-state index is -2.90. The van der Waals surface area contributed by atoms with Crippen LogP contribution in [0.25, 0.3) is 0 Å². The Morgan fingerprint density at radius 1 is 1.03 bits per heavy atom. The molecule has 1 saturated heterocycles. The van der Waals surface area contributed by atoms with Crippen LogP contribution in [-0.4, -0.2) is 80.2 Å². The van der Waals surface area contributed by atoms with E-state index >= 15 is 0 Å². The number of thioether (sulfide) groups is 1. The molecule has 29 heavy (non-hydrogen) atoms. The third kappa shape index (κ3) is 9.97. The summed E-state index contributed by atoms with van der Waals surface area (Å²) < 4.78 is 23.3. The third-order valence-corrected chi connectivity index (χ3v) is 8.41. The molecule has 0 spiro atoms. The Balaban J connectivity index is 1.57. The van der Waals surface area contributed by atoms with Crippen molar-refractivity contribution >= 4 is 19.4 Å². The molecule has 0 aromatic heterocycles.